The monoisotopic (exact) mass is 1420 g/mol. The molecule has 536 valence electrons. The van der Waals surface area contributed by atoms with Crippen LogP contribution in [0.1, 0.15) is 122 Å². The first-order valence-electron chi connectivity index (χ1n) is 33.3. The van der Waals surface area contributed by atoms with Gasteiger partial charge in [0.1, 0.15) is 56.0 Å². The van der Waals surface area contributed by atoms with Gasteiger partial charge in [0.05, 0.1) is 30.6 Å². The van der Waals surface area contributed by atoms with Crippen LogP contribution in [0, 0.1) is 5.92 Å². The number of carbonyl (C=O) groups is 6. The normalized spacial score (nSPS) is 15.2. The largest absolute Gasteiger partial charge is 0.466 e. The number of esters is 3. The minimum atomic E-state index is -4.18. The fourth-order valence-electron chi connectivity index (χ4n) is 10.4. The first kappa shape index (κ1) is 79.6. The number of piperidine rings is 3. The molecule has 0 aliphatic carbocycles. The summed E-state index contributed by atoms with van der Waals surface area (Å²) >= 11 is 3.21. The van der Waals surface area contributed by atoms with Gasteiger partial charge < -0.3 is 57.3 Å². The minimum Gasteiger partial charge on any atom is -0.466 e. The highest BCUT2D eigenvalue weighted by Crippen LogP contribution is 2.44. The van der Waals surface area contributed by atoms with Crippen LogP contribution in [0.4, 0.5) is 14.4 Å². The van der Waals surface area contributed by atoms with E-state index >= 15 is 0 Å². The van der Waals surface area contributed by atoms with Crippen LogP contribution in [-0.2, 0) is 52.6 Å². The number of rotatable bonds is 17. The van der Waals surface area contributed by atoms with Crippen LogP contribution in [0.25, 0.3) is 0 Å². The molecule has 3 aliphatic rings. The molecule has 3 aliphatic heterocycles. The highest BCUT2D eigenvalue weighted by molar-refractivity contribution is 8.01. The molecule has 3 fully saturated rings. The molecule has 6 aromatic carbocycles. The third-order valence-electron chi connectivity index (χ3n) is 15.3. The van der Waals surface area contributed by atoms with Gasteiger partial charge in [0.2, 0.25) is 0 Å². The Morgan fingerprint density at radius 2 is 0.808 bits per heavy atom. The van der Waals surface area contributed by atoms with E-state index in [4.69, 9.17) is 42.6 Å². The number of thioether (sulfide) groups is 2. The fourth-order valence-corrected chi connectivity index (χ4v) is 14.1. The molecule has 23 heteroatoms. The van der Waals surface area contributed by atoms with E-state index in [1.807, 2.05) is 157 Å². The molecule has 3 heterocycles. The SMILES string of the molecule is CCOC(=O)C1(S(=O)(=O)c2cccc(Oc3ccccc3)c2)CCN(C(=O)OC(C)(C)C)CC1.CCOC(=O)C1(Sc2cccc(Oc3ccccc3)c2)CCN(C(=O)OC(C)(C)C)CC1.CCOC(=O)C1CCN(C(=O)OC(C)(C)C)CC1.CSc1ccc(Oc2ccccc2)cc1. The van der Waals surface area contributed by atoms with Gasteiger partial charge in [0.15, 0.2) is 14.6 Å². The maximum atomic E-state index is 13.8. The zero-order chi connectivity index (χ0) is 72.4. The van der Waals surface area contributed by atoms with E-state index in [1.165, 1.54) is 33.7 Å². The van der Waals surface area contributed by atoms with E-state index in [2.05, 4.69) is 18.4 Å². The highest BCUT2D eigenvalue weighted by Gasteiger charge is 2.55. The zero-order valence-corrected chi connectivity index (χ0v) is 61.7. The van der Waals surface area contributed by atoms with Crippen molar-refractivity contribution in [1.29, 1.82) is 0 Å². The lowest BCUT2D eigenvalue weighted by Gasteiger charge is -2.39. The summed E-state index contributed by atoms with van der Waals surface area (Å²) in [5.41, 5.74) is -1.71. The summed E-state index contributed by atoms with van der Waals surface area (Å²) in [5, 5.41) is 0. The van der Waals surface area contributed by atoms with E-state index in [9.17, 15) is 37.2 Å². The molecule has 0 N–H and O–H groups in total. The summed E-state index contributed by atoms with van der Waals surface area (Å²) in [5.74, 6) is 2.79. The predicted molar refractivity (Wildman–Crippen MR) is 384 cm³/mol. The maximum absolute atomic E-state index is 13.8. The summed E-state index contributed by atoms with van der Waals surface area (Å²) in [4.78, 5) is 81.2. The van der Waals surface area contributed by atoms with Crippen molar-refractivity contribution in [3.05, 3.63) is 164 Å². The summed E-state index contributed by atoms with van der Waals surface area (Å²) in [6.07, 6.45) is 2.94. The Morgan fingerprint density at radius 3 is 1.23 bits per heavy atom. The minimum absolute atomic E-state index is 0.0419. The lowest BCUT2D eigenvalue weighted by molar-refractivity contribution is -0.150. The number of amides is 3. The Labute approximate surface area is 592 Å². The third-order valence-corrected chi connectivity index (χ3v) is 19.9. The number of para-hydroxylation sites is 3. The van der Waals surface area contributed by atoms with E-state index < -0.39 is 48.2 Å². The van der Waals surface area contributed by atoms with Crippen LogP contribution in [0.3, 0.4) is 0 Å². The number of hydrogen-bond donors (Lipinski definition) is 0. The molecule has 99 heavy (non-hydrogen) atoms. The summed E-state index contributed by atoms with van der Waals surface area (Å²) in [7, 11) is -4.18. The van der Waals surface area contributed by atoms with Crippen LogP contribution >= 0.6 is 23.5 Å². The first-order valence-corrected chi connectivity index (χ1v) is 36.8. The van der Waals surface area contributed by atoms with E-state index in [0.29, 0.717) is 82.3 Å². The van der Waals surface area contributed by atoms with Crippen LogP contribution in [-0.4, -0.2) is 151 Å². The molecule has 0 unspecified atom stereocenters. The van der Waals surface area contributed by atoms with Crippen molar-refractivity contribution in [2.45, 2.75) is 163 Å². The van der Waals surface area contributed by atoms with Crippen LogP contribution in [0.15, 0.2) is 178 Å². The Balaban J connectivity index is 0.000000219. The van der Waals surface area contributed by atoms with Gasteiger partial charge in [-0.25, -0.2) is 22.8 Å². The van der Waals surface area contributed by atoms with E-state index in [1.54, 1.807) is 87.4 Å². The van der Waals surface area contributed by atoms with Crippen molar-refractivity contribution in [3.63, 3.8) is 0 Å². The molecule has 0 saturated carbocycles. The lowest BCUT2D eigenvalue weighted by atomic mass is 9.96. The molecule has 0 bridgehead atoms. The molecule has 0 spiro atoms. The van der Waals surface area contributed by atoms with E-state index in [0.717, 1.165) is 22.1 Å². The average Bonchev–Trinajstić information content (AvgIpc) is 0.742. The number of hydrogen-bond acceptors (Lipinski definition) is 19. The number of likely N-dealkylation sites (tertiary alicyclic amines) is 3. The first-order chi connectivity index (χ1) is 46.9. The molecule has 9 rings (SSSR count). The number of ether oxygens (including phenoxy) is 9. The molecule has 3 amide bonds. The second-order valence-corrected chi connectivity index (χ2v) is 30.9. The number of carbonyl (C=O) groups excluding carboxylic acids is 6. The van der Waals surface area contributed by atoms with Gasteiger partial charge in [-0.15, -0.1) is 23.5 Å². The van der Waals surface area contributed by atoms with Crippen LogP contribution < -0.4 is 14.2 Å². The van der Waals surface area contributed by atoms with Gasteiger partial charge in [0.25, 0.3) is 0 Å². The van der Waals surface area contributed by atoms with E-state index in [-0.39, 0.29) is 67.5 Å². The third kappa shape index (κ3) is 25.1. The van der Waals surface area contributed by atoms with Gasteiger partial charge >= 0.3 is 36.2 Å². The van der Waals surface area contributed by atoms with Gasteiger partial charge in [0, 0.05) is 49.1 Å². The summed E-state index contributed by atoms with van der Waals surface area (Å²) in [6.45, 7) is 24.4. The zero-order valence-electron chi connectivity index (χ0n) is 59.3. The molecule has 0 radical (unpaired) electrons. The molecule has 0 aromatic heterocycles. The number of benzene rings is 6. The van der Waals surface area contributed by atoms with Gasteiger partial charge in [-0.1, -0.05) is 66.7 Å². The van der Waals surface area contributed by atoms with Crippen LogP contribution in [0.5, 0.6) is 34.5 Å². The highest BCUT2D eigenvalue weighted by atomic mass is 32.2. The second-order valence-electron chi connectivity index (χ2n) is 26.3. The Bertz CT molecular complexity index is 3650. The van der Waals surface area contributed by atoms with Crippen molar-refractivity contribution < 1.29 is 79.8 Å². The average molecular weight is 1420 g/mol. The molecule has 3 saturated heterocycles. The quantitative estimate of drug-likeness (QED) is 0.0469. The van der Waals surface area contributed by atoms with Crippen molar-refractivity contribution in [2.24, 2.45) is 5.92 Å². The lowest BCUT2D eigenvalue weighted by Crippen LogP contribution is -2.56. The van der Waals surface area contributed by atoms with Crippen molar-refractivity contribution in [1.82, 2.24) is 14.7 Å². The topological polar surface area (TPSA) is 229 Å². The molecule has 6 aromatic rings. The Hall–Kier alpha value is -8.41. The number of nitrogens with zero attached hydrogens (tertiary/aromatic N) is 3. The van der Waals surface area contributed by atoms with Gasteiger partial charge in [-0.3, -0.25) is 14.4 Å². The molecule has 0 atom stereocenters. The molecule has 20 nitrogen and oxygen atoms in total. The maximum Gasteiger partial charge on any atom is 0.410 e. The van der Waals surface area contributed by atoms with Gasteiger partial charge in [-0.2, -0.15) is 0 Å². The Kier molecular flexibility index (Phi) is 29.9. The molecular weight excluding hydrogens is 1320 g/mol. The standard InChI is InChI=1S/C25H31NO7S.C25H31NO5S.C13H23NO4.C13H12OS/c1-5-31-22(27)25(14-16-26(17-15-25)23(28)33-24(2,3)4)34(29,30)21-13-9-12-20(18-21)32-19-10-7-6-8-11-19;1-5-29-22(27)25(14-16-26(17-15-25)23(28)31-24(2,3)4)32-21-13-9-12-20(18-21)30-19-10-7-6-8-11-19;1-5-17-11(15)10-6-8-14(9-7-10)12(16)18-13(2,3)4;1-15-13-9-7-12(8-10-13)14-11-5-3-2-4-6-11/h6-13,18H,5,14-17H2,1-4H3;6-13,18H,5,14-17H2,1-4H3;10H,5-9H2,1-4H3;2-10H,1H3. The predicted octanol–water partition coefficient (Wildman–Crippen LogP) is 16.9. The van der Waals surface area contributed by atoms with Crippen molar-refractivity contribution >= 4 is 69.5 Å². The second kappa shape index (κ2) is 37.1. The van der Waals surface area contributed by atoms with Crippen LogP contribution in [0.2, 0.25) is 0 Å². The summed E-state index contributed by atoms with van der Waals surface area (Å²) < 4.78 is 74.3. The number of sulfone groups is 1. The molecular formula is C76H97N3O17S3. The fraction of sp³-hybridized carbons (Fsp3) is 0.447. The smallest absolute Gasteiger partial charge is 0.410 e. The Morgan fingerprint density at radius 1 is 0.434 bits per heavy atom. The van der Waals surface area contributed by atoms with Crippen molar-refractivity contribution in [3.8, 4) is 34.5 Å². The summed E-state index contributed by atoms with van der Waals surface area (Å²) in [6, 6.07) is 50.2. The van der Waals surface area contributed by atoms with Crippen molar-refractivity contribution in [2.75, 3.05) is 65.3 Å². The van der Waals surface area contributed by atoms with Gasteiger partial charge in [-0.05, 0) is 225 Å².